The molecule has 1 unspecified atom stereocenters. The Morgan fingerprint density at radius 3 is 2.31 bits per heavy atom. The van der Waals surface area contributed by atoms with Crippen LogP contribution >= 0.6 is 24.0 Å². The minimum Gasteiger partial charge on any atom is -0.356 e. The highest BCUT2D eigenvalue weighted by molar-refractivity contribution is 14.0. The smallest absolute Gasteiger partial charge is 0.191 e. The first-order valence-electron chi connectivity index (χ1n) is 10.5. The van der Waals surface area contributed by atoms with E-state index in [9.17, 15) is 0 Å². The molecular weight excluding hydrogens is 437 g/mol. The highest BCUT2D eigenvalue weighted by Gasteiger charge is 2.25. The third-order valence-electron chi connectivity index (χ3n) is 6.04. The summed E-state index contributed by atoms with van der Waals surface area (Å²) in [5, 5.41) is 7.08. The fraction of sp³-hybridized carbons (Fsp3) is 0.950. The lowest BCUT2D eigenvalue weighted by molar-refractivity contribution is 0.0900. The Morgan fingerprint density at radius 1 is 1.08 bits per heavy atom. The Kier molecular flexibility index (Phi) is 12.1. The van der Waals surface area contributed by atoms with E-state index in [0.717, 1.165) is 25.0 Å². The summed E-state index contributed by atoms with van der Waals surface area (Å²) in [5.74, 6) is 2.60. The minimum atomic E-state index is 0. The second kappa shape index (κ2) is 13.2. The molecule has 1 aliphatic carbocycles. The van der Waals surface area contributed by atoms with Gasteiger partial charge in [0.1, 0.15) is 0 Å². The molecular formula is C20H42IN5. The maximum atomic E-state index is 4.41. The number of halogens is 1. The van der Waals surface area contributed by atoms with Crippen LogP contribution in [0.25, 0.3) is 0 Å². The fourth-order valence-electron chi connectivity index (χ4n) is 4.26. The molecule has 0 aromatic rings. The molecule has 0 bridgehead atoms. The predicted molar refractivity (Wildman–Crippen MR) is 124 cm³/mol. The third kappa shape index (κ3) is 8.30. The van der Waals surface area contributed by atoms with E-state index in [2.05, 4.69) is 46.3 Å². The molecule has 5 nitrogen and oxygen atoms in total. The van der Waals surface area contributed by atoms with Crippen LogP contribution in [-0.4, -0.2) is 75.2 Å². The molecule has 1 aliphatic heterocycles. The largest absolute Gasteiger partial charge is 0.356 e. The average molecular weight is 479 g/mol. The lowest BCUT2D eigenvalue weighted by Gasteiger charge is -2.40. The van der Waals surface area contributed by atoms with E-state index in [1.165, 1.54) is 64.7 Å². The molecule has 0 radical (unpaired) electrons. The highest BCUT2D eigenvalue weighted by atomic mass is 127. The normalized spacial score (nSPS) is 21.7. The first-order chi connectivity index (χ1) is 12.1. The second-order valence-electron chi connectivity index (χ2n) is 8.32. The first-order valence-corrected chi connectivity index (χ1v) is 10.5. The van der Waals surface area contributed by atoms with Gasteiger partial charge < -0.3 is 15.5 Å². The van der Waals surface area contributed by atoms with Gasteiger partial charge in [0.15, 0.2) is 5.96 Å². The number of piperazine rings is 1. The van der Waals surface area contributed by atoms with Gasteiger partial charge in [-0.1, -0.05) is 39.5 Å². The second-order valence-corrected chi connectivity index (χ2v) is 8.32. The van der Waals surface area contributed by atoms with E-state index in [1.807, 2.05) is 7.05 Å². The summed E-state index contributed by atoms with van der Waals surface area (Å²) >= 11 is 0. The maximum absolute atomic E-state index is 4.41. The van der Waals surface area contributed by atoms with Gasteiger partial charge in [-0.15, -0.1) is 24.0 Å². The van der Waals surface area contributed by atoms with Crippen LogP contribution < -0.4 is 10.6 Å². The number of nitrogens with one attached hydrogen (secondary N) is 2. The van der Waals surface area contributed by atoms with Crippen LogP contribution in [0.3, 0.4) is 0 Å². The number of hydrogen-bond acceptors (Lipinski definition) is 3. The molecule has 2 rings (SSSR count). The van der Waals surface area contributed by atoms with Gasteiger partial charge in [-0.25, -0.2) is 0 Å². The maximum Gasteiger partial charge on any atom is 0.191 e. The molecule has 0 amide bonds. The van der Waals surface area contributed by atoms with Gasteiger partial charge in [0.25, 0.3) is 0 Å². The van der Waals surface area contributed by atoms with Crippen molar-refractivity contribution in [1.82, 2.24) is 20.4 Å². The summed E-state index contributed by atoms with van der Waals surface area (Å²) in [4.78, 5) is 9.48. The van der Waals surface area contributed by atoms with Crippen molar-refractivity contribution < 1.29 is 0 Å². The quantitative estimate of drug-likeness (QED) is 0.243. The fourth-order valence-corrected chi connectivity index (χ4v) is 4.26. The Bertz CT molecular complexity index is 388. The van der Waals surface area contributed by atoms with Crippen molar-refractivity contribution in [2.75, 3.05) is 53.4 Å². The zero-order chi connectivity index (χ0) is 18.1. The van der Waals surface area contributed by atoms with Gasteiger partial charge in [-0.05, 0) is 31.7 Å². The van der Waals surface area contributed by atoms with Gasteiger partial charge >= 0.3 is 0 Å². The van der Waals surface area contributed by atoms with Crippen molar-refractivity contribution in [2.45, 2.75) is 58.4 Å². The Labute approximate surface area is 178 Å². The zero-order valence-electron chi connectivity index (χ0n) is 17.5. The topological polar surface area (TPSA) is 42.9 Å². The highest BCUT2D eigenvalue weighted by Crippen LogP contribution is 2.28. The van der Waals surface area contributed by atoms with Crippen LogP contribution in [0, 0.1) is 11.8 Å². The van der Waals surface area contributed by atoms with E-state index in [-0.39, 0.29) is 24.0 Å². The van der Waals surface area contributed by atoms with Crippen LogP contribution in [0.1, 0.15) is 52.4 Å². The number of hydrogen-bond donors (Lipinski definition) is 2. The number of aliphatic imine (C=N–C) groups is 1. The first kappa shape index (κ1) is 24.0. The van der Waals surface area contributed by atoms with E-state index in [0.29, 0.717) is 12.0 Å². The Morgan fingerprint density at radius 2 is 1.73 bits per heavy atom. The SMILES string of the molecule is CN=C(NCCCC1CCCC1)NCC(C(C)C)N1CCN(C)CC1.I. The molecule has 1 atom stereocenters. The predicted octanol–water partition coefficient (Wildman–Crippen LogP) is 3.01. The summed E-state index contributed by atoms with van der Waals surface area (Å²) in [6.07, 6.45) is 8.44. The van der Waals surface area contributed by atoms with Gasteiger partial charge in [0, 0.05) is 52.4 Å². The molecule has 0 aromatic carbocycles. The molecule has 1 saturated heterocycles. The molecule has 1 saturated carbocycles. The van der Waals surface area contributed by atoms with E-state index in [1.54, 1.807) is 0 Å². The van der Waals surface area contributed by atoms with Crippen LogP contribution in [0.5, 0.6) is 0 Å². The summed E-state index contributed by atoms with van der Waals surface area (Å²) in [6, 6.07) is 0.575. The Balaban J connectivity index is 0.00000338. The van der Waals surface area contributed by atoms with Crippen LogP contribution in [0.15, 0.2) is 4.99 Å². The summed E-state index contributed by atoms with van der Waals surface area (Å²) in [7, 11) is 4.10. The number of likely N-dealkylation sites (N-methyl/N-ethyl adjacent to an activating group) is 1. The number of nitrogens with zero attached hydrogens (tertiary/aromatic N) is 3. The average Bonchev–Trinajstić information content (AvgIpc) is 3.11. The van der Waals surface area contributed by atoms with Crippen molar-refractivity contribution in [3.8, 4) is 0 Å². The molecule has 6 heteroatoms. The molecule has 2 fully saturated rings. The van der Waals surface area contributed by atoms with Gasteiger partial charge in [-0.2, -0.15) is 0 Å². The number of guanidine groups is 1. The molecule has 26 heavy (non-hydrogen) atoms. The standard InChI is InChI=1S/C20H41N5.HI/c1-17(2)19(25-14-12-24(4)13-15-25)16-23-20(21-3)22-11-7-10-18-8-5-6-9-18;/h17-19H,5-16H2,1-4H3,(H2,21,22,23);1H. The van der Waals surface area contributed by atoms with Crippen LogP contribution in [0.4, 0.5) is 0 Å². The van der Waals surface area contributed by atoms with Gasteiger partial charge in [-0.3, -0.25) is 9.89 Å². The monoisotopic (exact) mass is 479 g/mol. The Hall–Kier alpha value is -0.0800. The molecule has 2 N–H and O–H groups in total. The lowest BCUT2D eigenvalue weighted by atomic mass is 10.0. The minimum absolute atomic E-state index is 0. The number of rotatable bonds is 8. The summed E-state index contributed by atoms with van der Waals surface area (Å²) in [5.41, 5.74) is 0. The molecule has 2 aliphatic rings. The zero-order valence-corrected chi connectivity index (χ0v) is 19.8. The van der Waals surface area contributed by atoms with Crippen molar-refractivity contribution >= 4 is 29.9 Å². The third-order valence-corrected chi connectivity index (χ3v) is 6.04. The summed E-state index contributed by atoms with van der Waals surface area (Å²) in [6.45, 7) is 11.4. The van der Waals surface area contributed by atoms with Crippen molar-refractivity contribution in [2.24, 2.45) is 16.8 Å². The van der Waals surface area contributed by atoms with Crippen molar-refractivity contribution in [3.63, 3.8) is 0 Å². The summed E-state index contributed by atoms with van der Waals surface area (Å²) < 4.78 is 0. The molecule has 0 spiro atoms. The van der Waals surface area contributed by atoms with Crippen molar-refractivity contribution in [3.05, 3.63) is 0 Å². The van der Waals surface area contributed by atoms with Gasteiger partial charge in [0.05, 0.1) is 0 Å². The van der Waals surface area contributed by atoms with Crippen molar-refractivity contribution in [1.29, 1.82) is 0 Å². The van der Waals surface area contributed by atoms with E-state index >= 15 is 0 Å². The van der Waals surface area contributed by atoms with Crippen LogP contribution in [0.2, 0.25) is 0 Å². The van der Waals surface area contributed by atoms with Gasteiger partial charge in [0.2, 0.25) is 0 Å². The van der Waals surface area contributed by atoms with E-state index < -0.39 is 0 Å². The lowest BCUT2D eigenvalue weighted by Crippen LogP contribution is -2.55. The van der Waals surface area contributed by atoms with Crippen LogP contribution in [-0.2, 0) is 0 Å². The van der Waals surface area contributed by atoms with E-state index in [4.69, 9.17) is 0 Å². The molecule has 0 aromatic heterocycles. The molecule has 154 valence electrons. The molecule has 1 heterocycles.